The predicted octanol–water partition coefficient (Wildman–Crippen LogP) is 3.41. The van der Waals surface area contributed by atoms with Gasteiger partial charge in [0, 0.05) is 13.2 Å². The van der Waals surface area contributed by atoms with Crippen LogP contribution in [0.2, 0.25) is 5.15 Å². The summed E-state index contributed by atoms with van der Waals surface area (Å²) >= 11 is 5.78. The average molecular weight is 330 g/mol. The first kappa shape index (κ1) is 18.7. The Kier molecular flexibility index (Phi) is 7.58. The van der Waals surface area contributed by atoms with Crippen molar-refractivity contribution in [1.29, 1.82) is 0 Å². The highest BCUT2D eigenvalue weighted by Crippen LogP contribution is 2.17. The van der Waals surface area contributed by atoms with Crippen molar-refractivity contribution in [3.8, 4) is 0 Å². The molecule has 0 unspecified atom stereocenters. The first-order valence-electron chi connectivity index (χ1n) is 7.29. The van der Waals surface area contributed by atoms with Crippen LogP contribution in [0.4, 0.5) is 10.5 Å². The summed E-state index contributed by atoms with van der Waals surface area (Å²) in [5.41, 5.74) is 2.95. The third kappa shape index (κ3) is 7.06. The lowest BCUT2D eigenvalue weighted by Gasteiger charge is -2.27. The molecule has 124 valence electrons. The Balaban J connectivity index is 2.72. The molecule has 1 aromatic rings. The molecule has 0 aliphatic rings. The largest absolute Gasteiger partial charge is 0.442 e. The first-order chi connectivity index (χ1) is 10.3. The van der Waals surface area contributed by atoms with Gasteiger partial charge in [0.2, 0.25) is 0 Å². The van der Waals surface area contributed by atoms with E-state index in [2.05, 4.69) is 10.4 Å². The number of halogens is 1. The number of ether oxygens (including phenoxy) is 2. The summed E-state index contributed by atoms with van der Waals surface area (Å²) < 4.78 is 10.8. The second-order valence-corrected chi connectivity index (χ2v) is 6.06. The molecule has 0 fully saturated rings. The number of nitrogens with zero attached hydrogens (tertiary/aromatic N) is 2. The third-order valence-electron chi connectivity index (χ3n) is 2.41. The van der Waals surface area contributed by atoms with Crippen molar-refractivity contribution < 1.29 is 14.3 Å². The van der Waals surface area contributed by atoms with Crippen molar-refractivity contribution >= 4 is 23.4 Å². The van der Waals surface area contributed by atoms with Crippen molar-refractivity contribution in [3.05, 3.63) is 23.5 Å². The number of nitrogens with one attached hydrogen (secondary N) is 1. The van der Waals surface area contributed by atoms with Crippen LogP contribution < -0.4 is 10.4 Å². The fraction of sp³-hybridized carbons (Fsp3) is 0.600. The van der Waals surface area contributed by atoms with Gasteiger partial charge in [-0.3, -0.25) is 0 Å². The third-order valence-corrected chi connectivity index (χ3v) is 2.63. The molecule has 0 saturated carbocycles. The van der Waals surface area contributed by atoms with Crippen LogP contribution >= 0.6 is 11.6 Å². The molecule has 6 nitrogen and oxygen atoms in total. The van der Waals surface area contributed by atoms with Crippen molar-refractivity contribution in [3.63, 3.8) is 0 Å². The molecular formula is C15H24ClN3O3. The number of carbonyl (C=O) groups excluding carboxylic acids is 1. The molecule has 0 radical (unpaired) electrons. The van der Waals surface area contributed by atoms with Gasteiger partial charge in [0.15, 0.2) is 0 Å². The monoisotopic (exact) mass is 329 g/mol. The molecule has 1 N–H and O–H groups in total. The summed E-state index contributed by atoms with van der Waals surface area (Å²) in [6.07, 6.45) is 1.95. The maximum absolute atomic E-state index is 12.3. The fourth-order valence-corrected chi connectivity index (χ4v) is 1.66. The molecule has 1 aromatic heterocycles. The Morgan fingerprint density at radius 2 is 2.09 bits per heavy atom. The zero-order valence-electron chi connectivity index (χ0n) is 13.6. The summed E-state index contributed by atoms with van der Waals surface area (Å²) in [5, 5.41) is 1.67. The highest BCUT2D eigenvalue weighted by molar-refractivity contribution is 6.29. The molecule has 1 amide bonds. The number of hydrogen-bond acceptors (Lipinski definition) is 5. The quantitative estimate of drug-likeness (QED) is 0.472. The second-order valence-electron chi connectivity index (χ2n) is 5.68. The molecule has 0 aliphatic carbocycles. The van der Waals surface area contributed by atoms with Crippen molar-refractivity contribution in [2.24, 2.45) is 0 Å². The number of aromatic nitrogens is 1. The van der Waals surface area contributed by atoms with Crippen molar-refractivity contribution in [1.82, 2.24) is 10.4 Å². The van der Waals surface area contributed by atoms with Crippen LogP contribution in [-0.2, 0) is 9.47 Å². The van der Waals surface area contributed by atoms with Gasteiger partial charge in [0.1, 0.15) is 10.8 Å². The van der Waals surface area contributed by atoms with E-state index >= 15 is 0 Å². The van der Waals surface area contributed by atoms with Gasteiger partial charge in [0.25, 0.3) is 0 Å². The zero-order valence-corrected chi connectivity index (χ0v) is 14.3. The van der Waals surface area contributed by atoms with E-state index in [0.29, 0.717) is 30.6 Å². The Hall–Kier alpha value is -1.37. The lowest BCUT2D eigenvalue weighted by atomic mass is 10.2. The SMILES string of the molecule is CCCOCCNN(C(=O)OC(C)(C)C)c1ccc(Cl)nc1. The number of rotatable bonds is 7. The minimum atomic E-state index is -0.588. The molecular weight excluding hydrogens is 306 g/mol. The molecule has 7 heteroatoms. The van der Waals surface area contributed by atoms with Gasteiger partial charge in [-0.15, -0.1) is 0 Å². The molecule has 1 heterocycles. The van der Waals surface area contributed by atoms with E-state index in [-0.39, 0.29) is 0 Å². The van der Waals surface area contributed by atoms with Crippen molar-refractivity contribution in [2.45, 2.75) is 39.7 Å². The summed E-state index contributed by atoms with van der Waals surface area (Å²) in [7, 11) is 0. The highest BCUT2D eigenvalue weighted by atomic mass is 35.5. The Bertz CT molecular complexity index is 460. The van der Waals surface area contributed by atoms with E-state index in [9.17, 15) is 4.79 Å². The van der Waals surface area contributed by atoms with Crippen molar-refractivity contribution in [2.75, 3.05) is 24.8 Å². The maximum Gasteiger partial charge on any atom is 0.429 e. The van der Waals surface area contributed by atoms with Gasteiger partial charge < -0.3 is 9.47 Å². The molecule has 0 aliphatic heterocycles. The first-order valence-corrected chi connectivity index (χ1v) is 7.67. The molecule has 0 atom stereocenters. The molecule has 0 bridgehead atoms. The fourth-order valence-electron chi connectivity index (χ4n) is 1.55. The molecule has 0 spiro atoms. The van der Waals surface area contributed by atoms with E-state index < -0.39 is 11.7 Å². The topological polar surface area (TPSA) is 63.7 Å². The minimum Gasteiger partial charge on any atom is -0.442 e. The van der Waals surface area contributed by atoms with E-state index in [0.717, 1.165) is 6.42 Å². The minimum absolute atomic E-state index is 0.360. The normalized spacial score (nSPS) is 11.3. The van der Waals surface area contributed by atoms with Crippen LogP contribution in [0.5, 0.6) is 0 Å². The number of pyridine rings is 1. The maximum atomic E-state index is 12.3. The zero-order chi connectivity index (χ0) is 16.6. The Morgan fingerprint density at radius 1 is 1.36 bits per heavy atom. The number of carbonyl (C=O) groups is 1. The summed E-state index contributed by atoms with van der Waals surface area (Å²) in [6, 6.07) is 3.31. The lowest BCUT2D eigenvalue weighted by molar-refractivity contribution is 0.0553. The summed E-state index contributed by atoms with van der Waals surface area (Å²) in [4.78, 5) is 16.3. The van der Waals surface area contributed by atoms with Crippen LogP contribution in [0.3, 0.4) is 0 Å². The van der Waals surface area contributed by atoms with Crippen LogP contribution in [0, 0.1) is 0 Å². The van der Waals surface area contributed by atoms with Crippen LogP contribution in [0.25, 0.3) is 0 Å². The molecule has 1 rings (SSSR count). The van der Waals surface area contributed by atoms with Gasteiger partial charge in [0.05, 0.1) is 18.5 Å². The second kappa shape index (κ2) is 8.92. The molecule has 0 aromatic carbocycles. The van der Waals surface area contributed by atoms with Crippen LogP contribution in [-0.4, -0.2) is 36.4 Å². The van der Waals surface area contributed by atoms with Gasteiger partial charge >= 0.3 is 6.09 Å². The van der Waals surface area contributed by atoms with Gasteiger partial charge in [-0.1, -0.05) is 18.5 Å². The van der Waals surface area contributed by atoms with E-state index in [1.54, 1.807) is 12.1 Å². The van der Waals surface area contributed by atoms with Gasteiger partial charge in [-0.25, -0.2) is 20.2 Å². The lowest BCUT2D eigenvalue weighted by Crippen LogP contribution is -2.47. The van der Waals surface area contributed by atoms with E-state index in [1.807, 2.05) is 27.7 Å². The Morgan fingerprint density at radius 3 is 2.64 bits per heavy atom. The average Bonchev–Trinajstić information content (AvgIpc) is 2.42. The van der Waals surface area contributed by atoms with E-state index in [4.69, 9.17) is 21.1 Å². The number of hydrazine groups is 1. The summed E-state index contributed by atoms with van der Waals surface area (Å²) in [6.45, 7) is 9.14. The molecule has 0 saturated heterocycles. The van der Waals surface area contributed by atoms with Crippen LogP contribution in [0.15, 0.2) is 18.3 Å². The highest BCUT2D eigenvalue weighted by Gasteiger charge is 2.23. The van der Waals surface area contributed by atoms with Crippen LogP contribution in [0.1, 0.15) is 34.1 Å². The standard InChI is InChI=1S/C15H24ClN3O3/c1-5-9-21-10-8-18-19(14(20)22-15(2,3)4)12-6-7-13(16)17-11-12/h6-7,11,18H,5,8-10H2,1-4H3. The molecule has 22 heavy (non-hydrogen) atoms. The van der Waals surface area contributed by atoms with E-state index in [1.165, 1.54) is 11.2 Å². The van der Waals surface area contributed by atoms with Gasteiger partial charge in [-0.2, -0.15) is 0 Å². The summed E-state index contributed by atoms with van der Waals surface area (Å²) in [5.74, 6) is 0. The number of hydrogen-bond donors (Lipinski definition) is 1. The Labute approximate surface area is 136 Å². The smallest absolute Gasteiger partial charge is 0.429 e. The number of anilines is 1. The van der Waals surface area contributed by atoms with Gasteiger partial charge in [-0.05, 0) is 39.3 Å². The number of amides is 1. The predicted molar refractivity (Wildman–Crippen MR) is 87.1 cm³/mol.